The van der Waals surface area contributed by atoms with E-state index in [0.717, 1.165) is 16.4 Å². The van der Waals surface area contributed by atoms with E-state index in [9.17, 15) is 9.59 Å². The van der Waals surface area contributed by atoms with E-state index in [0.29, 0.717) is 42.0 Å². The molecule has 7 nitrogen and oxygen atoms in total. The molecular weight excluding hydrogens is 467 g/mol. The van der Waals surface area contributed by atoms with Crippen molar-refractivity contribution in [3.63, 3.8) is 0 Å². The van der Waals surface area contributed by atoms with Crippen LogP contribution in [0.5, 0.6) is 0 Å². The van der Waals surface area contributed by atoms with Gasteiger partial charge in [0, 0.05) is 41.6 Å². The van der Waals surface area contributed by atoms with Gasteiger partial charge in [-0.3, -0.25) is 14.5 Å². The first kappa shape index (κ1) is 23.3. The van der Waals surface area contributed by atoms with Crippen LogP contribution in [-0.2, 0) is 27.3 Å². The van der Waals surface area contributed by atoms with E-state index in [1.807, 2.05) is 12.1 Å². The maximum atomic E-state index is 12.2. The number of halogens is 2. The van der Waals surface area contributed by atoms with E-state index in [-0.39, 0.29) is 24.2 Å². The Kier molecular flexibility index (Phi) is 8.79. The fourth-order valence-corrected chi connectivity index (χ4v) is 5.10. The summed E-state index contributed by atoms with van der Waals surface area (Å²) in [6.07, 6.45) is 0.0285. The highest BCUT2D eigenvalue weighted by molar-refractivity contribution is 8.01. The first-order valence-electron chi connectivity index (χ1n) is 9.29. The molecule has 30 heavy (non-hydrogen) atoms. The normalized spacial score (nSPS) is 17.1. The van der Waals surface area contributed by atoms with E-state index in [4.69, 9.17) is 33.7 Å². The summed E-state index contributed by atoms with van der Waals surface area (Å²) in [4.78, 5) is 29.6. The number of thioether (sulfide) groups is 1. The number of ether oxygens (including phenoxy) is 1. The standard InChI is InChI=1S/C19H22Cl2N4O3S2/c20-13-2-1-12(16(21)5-13)8-25-3-4-28-15(9-25)7-23-18(27)11-30-19-24-14(10-29-19)6-17(22)26/h1-2,5,10,15H,3-4,6-9,11H2,(H2,22,26)(H,23,27)/t15-/m0/s1. The first-order chi connectivity index (χ1) is 14.4. The quantitative estimate of drug-likeness (QED) is 0.526. The summed E-state index contributed by atoms with van der Waals surface area (Å²) in [5.74, 6) is -0.261. The molecule has 3 rings (SSSR count). The number of aromatic nitrogens is 1. The molecule has 2 amide bonds. The average Bonchev–Trinajstić information content (AvgIpc) is 3.14. The second-order valence-electron chi connectivity index (χ2n) is 6.80. The summed E-state index contributed by atoms with van der Waals surface area (Å²) in [6.45, 7) is 3.25. The lowest BCUT2D eigenvalue weighted by atomic mass is 10.2. The maximum Gasteiger partial charge on any atom is 0.230 e. The first-order valence-corrected chi connectivity index (χ1v) is 11.9. The van der Waals surface area contributed by atoms with Crippen LogP contribution in [0.15, 0.2) is 27.9 Å². The molecule has 0 saturated carbocycles. The van der Waals surface area contributed by atoms with Gasteiger partial charge in [-0.15, -0.1) is 11.3 Å². The van der Waals surface area contributed by atoms with Crippen LogP contribution in [0.4, 0.5) is 0 Å². The summed E-state index contributed by atoms with van der Waals surface area (Å²) in [6, 6.07) is 5.51. The van der Waals surface area contributed by atoms with Crippen molar-refractivity contribution in [1.82, 2.24) is 15.2 Å². The number of benzene rings is 1. The predicted molar refractivity (Wildman–Crippen MR) is 120 cm³/mol. The highest BCUT2D eigenvalue weighted by Gasteiger charge is 2.22. The fourth-order valence-electron chi connectivity index (χ4n) is 2.96. The second-order valence-corrected chi connectivity index (χ2v) is 9.73. The second kappa shape index (κ2) is 11.3. The molecule has 1 aliphatic heterocycles. The van der Waals surface area contributed by atoms with Crippen molar-refractivity contribution in [2.24, 2.45) is 5.73 Å². The number of amides is 2. The maximum absolute atomic E-state index is 12.2. The number of nitrogens with zero attached hydrogens (tertiary/aromatic N) is 2. The Labute approximate surface area is 193 Å². The minimum Gasteiger partial charge on any atom is -0.374 e. The van der Waals surface area contributed by atoms with Gasteiger partial charge >= 0.3 is 0 Å². The van der Waals surface area contributed by atoms with Crippen molar-refractivity contribution in [1.29, 1.82) is 0 Å². The van der Waals surface area contributed by atoms with Crippen LogP contribution in [0.3, 0.4) is 0 Å². The van der Waals surface area contributed by atoms with Crippen LogP contribution < -0.4 is 11.1 Å². The Morgan fingerprint density at radius 1 is 1.40 bits per heavy atom. The number of morpholine rings is 1. The zero-order chi connectivity index (χ0) is 21.5. The number of rotatable bonds is 9. The molecule has 2 aromatic rings. The van der Waals surface area contributed by atoms with E-state index < -0.39 is 5.91 Å². The monoisotopic (exact) mass is 488 g/mol. The molecule has 0 spiro atoms. The topological polar surface area (TPSA) is 97.5 Å². The fraction of sp³-hybridized carbons (Fsp3) is 0.421. The molecule has 0 bridgehead atoms. The number of hydrogen-bond donors (Lipinski definition) is 2. The molecule has 1 aromatic carbocycles. The molecule has 1 aromatic heterocycles. The van der Waals surface area contributed by atoms with Crippen molar-refractivity contribution in [3.8, 4) is 0 Å². The third kappa shape index (κ3) is 7.40. The molecule has 2 heterocycles. The Morgan fingerprint density at radius 3 is 3.00 bits per heavy atom. The number of carbonyl (C=O) groups is 2. The molecule has 0 aliphatic carbocycles. The molecule has 11 heteroatoms. The molecule has 0 unspecified atom stereocenters. The van der Waals surface area contributed by atoms with E-state index in [1.54, 1.807) is 11.4 Å². The highest BCUT2D eigenvalue weighted by atomic mass is 35.5. The summed E-state index contributed by atoms with van der Waals surface area (Å²) in [5, 5.41) is 5.96. The van der Waals surface area contributed by atoms with Gasteiger partial charge in [-0.2, -0.15) is 0 Å². The van der Waals surface area contributed by atoms with Crippen LogP contribution in [0.25, 0.3) is 0 Å². The van der Waals surface area contributed by atoms with Gasteiger partial charge < -0.3 is 15.8 Å². The van der Waals surface area contributed by atoms with Gasteiger partial charge in [0.05, 0.1) is 30.6 Å². The van der Waals surface area contributed by atoms with Crippen LogP contribution >= 0.6 is 46.3 Å². The number of nitrogens with one attached hydrogen (secondary N) is 1. The van der Waals surface area contributed by atoms with Crippen molar-refractivity contribution < 1.29 is 14.3 Å². The third-order valence-corrected chi connectivity index (χ3v) is 7.03. The van der Waals surface area contributed by atoms with Crippen LogP contribution in [-0.4, -0.2) is 59.8 Å². The Balaban J connectivity index is 1.40. The molecule has 0 radical (unpaired) electrons. The lowest BCUT2D eigenvalue weighted by molar-refractivity contribution is -0.120. The average molecular weight is 489 g/mol. The molecule has 1 fully saturated rings. The van der Waals surface area contributed by atoms with E-state index >= 15 is 0 Å². The van der Waals surface area contributed by atoms with Gasteiger partial charge in [0.1, 0.15) is 0 Å². The number of nitrogens with two attached hydrogens (primary N) is 1. The van der Waals surface area contributed by atoms with E-state index in [1.165, 1.54) is 23.1 Å². The Morgan fingerprint density at radius 2 is 2.23 bits per heavy atom. The van der Waals surface area contributed by atoms with Crippen molar-refractivity contribution in [2.45, 2.75) is 23.4 Å². The summed E-state index contributed by atoms with van der Waals surface area (Å²) in [5.41, 5.74) is 6.81. The third-order valence-electron chi connectivity index (χ3n) is 4.37. The minimum atomic E-state index is -0.422. The number of carbonyl (C=O) groups excluding carboxylic acids is 2. The van der Waals surface area contributed by atoms with Crippen LogP contribution in [0, 0.1) is 0 Å². The van der Waals surface area contributed by atoms with Crippen LogP contribution in [0.2, 0.25) is 10.0 Å². The van der Waals surface area contributed by atoms with Crippen molar-refractivity contribution in [3.05, 3.63) is 44.9 Å². The van der Waals surface area contributed by atoms with Gasteiger partial charge in [-0.1, -0.05) is 41.0 Å². The van der Waals surface area contributed by atoms with Gasteiger partial charge in [-0.25, -0.2) is 4.98 Å². The Bertz CT molecular complexity index is 896. The zero-order valence-electron chi connectivity index (χ0n) is 16.1. The molecule has 1 atom stereocenters. The molecule has 162 valence electrons. The minimum absolute atomic E-state index is 0.0826. The summed E-state index contributed by atoms with van der Waals surface area (Å²) in [7, 11) is 0. The number of hydrogen-bond acceptors (Lipinski definition) is 7. The molecule has 1 saturated heterocycles. The zero-order valence-corrected chi connectivity index (χ0v) is 19.3. The van der Waals surface area contributed by atoms with Crippen molar-refractivity contribution in [2.75, 3.05) is 32.0 Å². The van der Waals surface area contributed by atoms with Gasteiger partial charge in [0.15, 0.2) is 4.34 Å². The number of thiazole rings is 1. The molecule has 3 N–H and O–H groups in total. The van der Waals surface area contributed by atoms with Gasteiger partial charge in [0.2, 0.25) is 11.8 Å². The SMILES string of the molecule is NC(=O)Cc1csc(SCC(=O)NC[C@H]2CN(Cc3ccc(Cl)cc3Cl)CCO2)n1. The molecule has 1 aliphatic rings. The van der Waals surface area contributed by atoms with E-state index in [2.05, 4.69) is 15.2 Å². The predicted octanol–water partition coefficient (Wildman–Crippen LogP) is 2.59. The lowest BCUT2D eigenvalue weighted by Gasteiger charge is -2.33. The summed E-state index contributed by atoms with van der Waals surface area (Å²) >= 11 is 15.0. The lowest BCUT2D eigenvalue weighted by Crippen LogP contribution is -2.47. The smallest absolute Gasteiger partial charge is 0.230 e. The van der Waals surface area contributed by atoms with Crippen molar-refractivity contribution >= 4 is 58.1 Å². The summed E-state index contributed by atoms with van der Waals surface area (Å²) < 4.78 is 6.51. The van der Waals surface area contributed by atoms with Gasteiger partial charge in [-0.05, 0) is 17.7 Å². The highest BCUT2D eigenvalue weighted by Crippen LogP contribution is 2.24. The Hall–Kier alpha value is -1.36. The van der Waals surface area contributed by atoms with Gasteiger partial charge in [0.25, 0.3) is 0 Å². The molecular formula is C19H22Cl2N4O3S2. The number of primary amides is 1. The van der Waals surface area contributed by atoms with Crippen LogP contribution in [0.1, 0.15) is 11.3 Å². The largest absolute Gasteiger partial charge is 0.374 e.